The SMILES string of the molecule is O=P(O)(O)CCCN(Cl)P(=O)(O)O. The second-order valence-electron chi connectivity index (χ2n) is 2.32. The van der Waals surface area contributed by atoms with E-state index in [1.54, 1.807) is 0 Å². The van der Waals surface area contributed by atoms with Gasteiger partial charge in [0.1, 0.15) is 0 Å². The van der Waals surface area contributed by atoms with Crippen molar-refractivity contribution in [2.45, 2.75) is 6.42 Å². The molecule has 80 valence electrons. The highest BCUT2D eigenvalue weighted by atomic mass is 35.5. The molecule has 4 N–H and O–H groups in total. The van der Waals surface area contributed by atoms with Gasteiger partial charge in [-0.3, -0.25) is 4.57 Å². The largest absolute Gasteiger partial charge is 0.416 e. The van der Waals surface area contributed by atoms with Crippen molar-refractivity contribution >= 4 is 27.1 Å². The van der Waals surface area contributed by atoms with Crippen molar-refractivity contribution < 1.29 is 28.7 Å². The Kier molecular flexibility index (Phi) is 5.07. The normalized spacial score (nSPS) is 13.7. The lowest BCUT2D eigenvalue weighted by atomic mass is 10.5. The van der Waals surface area contributed by atoms with Gasteiger partial charge in [-0.05, 0) is 18.2 Å². The topological polar surface area (TPSA) is 118 Å². The van der Waals surface area contributed by atoms with Crippen LogP contribution >= 0.6 is 27.1 Å². The fraction of sp³-hybridized carbons (Fsp3) is 1.00. The van der Waals surface area contributed by atoms with Crippen LogP contribution in [0.5, 0.6) is 0 Å². The highest BCUT2D eigenvalue weighted by Gasteiger charge is 2.24. The zero-order chi connectivity index (χ0) is 10.7. The van der Waals surface area contributed by atoms with E-state index in [-0.39, 0.29) is 17.2 Å². The quantitative estimate of drug-likeness (QED) is 0.405. The minimum absolute atomic E-state index is 0.0844. The van der Waals surface area contributed by atoms with E-state index in [9.17, 15) is 9.13 Å². The molecule has 0 bridgehead atoms. The highest BCUT2D eigenvalue weighted by molar-refractivity contribution is 7.51. The van der Waals surface area contributed by atoms with Crippen molar-refractivity contribution in [3.05, 3.63) is 0 Å². The van der Waals surface area contributed by atoms with Crippen molar-refractivity contribution in [3.63, 3.8) is 0 Å². The summed E-state index contributed by atoms with van der Waals surface area (Å²) in [5.74, 6) is 0. The highest BCUT2D eigenvalue weighted by Crippen LogP contribution is 2.42. The summed E-state index contributed by atoms with van der Waals surface area (Å²) in [6.45, 7) is -0.281. The van der Waals surface area contributed by atoms with Gasteiger partial charge in [0.25, 0.3) is 0 Å². The van der Waals surface area contributed by atoms with E-state index >= 15 is 0 Å². The molecule has 7 nitrogen and oxygen atoms in total. The monoisotopic (exact) mass is 253 g/mol. The maximum Gasteiger partial charge on any atom is 0.416 e. The predicted octanol–water partition coefficient (Wildman–Crippen LogP) is 0.103. The van der Waals surface area contributed by atoms with E-state index in [4.69, 9.17) is 31.4 Å². The Balaban J connectivity index is 3.80. The van der Waals surface area contributed by atoms with Crippen molar-refractivity contribution in [1.82, 2.24) is 4.19 Å². The molecule has 13 heavy (non-hydrogen) atoms. The fourth-order valence-electron chi connectivity index (χ4n) is 0.537. The molecule has 0 spiro atoms. The van der Waals surface area contributed by atoms with Gasteiger partial charge in [-0.1, -0.05) is 0 Å². The number of halogens is 1. The Labute approximate surface area is 79.8 Å². The van der Waals surface area contributed by atoms with Gasteiger partial charge in [0.15, 0.2) is 0 Å². The van der Waals surface area contributed by atoms with Crippen LogP contribution in [0.25, 0.3) is 0 Å². The molecule has 0 fully saturated rings. The molecule has 0 unspecified atom stereocenters. The molecule has 0 aromatic rings. The van der Waals surface area contributed by atoms with Crippen LogP contribution in [0.2, 0.25) is 0 Å². The third-order valence-electron chi connectivity index (χ3n) is 1.07. The van der Waals surface area contributed by atoms with Gasteiger partial charge < -0.3 is 19.6 Å². The van der Waals surface area contributed by atoms with E-state index in [2.05, 4.69) is 0 Å². The van der Waals surface area contributed by atoms with Gasteiger partial charge >= 0.3 is 15.3 Å². The molecule has 0 aromatic carbocycles. The number of rotatable bonds is 5. The average molecular weight is 254 g/mol. The third kappa shape index (κ3) is 7.61. The molecule has 0 saturated carbocycles. The first kappa shape index (κ1) is 13.5. The van der Waals surface area contributed by atoms with Crippen molar-refractivity contribution in [2.75, 3.05) is 12.7 Å². The number of hydrogen-bond acceptors (Lipinski definition) is 2. The molecule has 0 aliphatic rings. The molecule has 0 atom stereocenters. The van der Waals surface area contributed by atoms with Crippen LogP contribution in [0, 0.1) is 0 Å². The second kappa shape index (κ2) is 4.87. The van der Waals surface area contributed by atoms with Gasteiger partial charge in [0, 0.05) is 6.54 Å². The Bertz CT molecular complexity index is 246. The molecule has 0 rings (SSSR count). The Morgan fingerprint density at radius 1 is 1.15 bits per heavy atom. The zero-order valence-electron chi connectivity index (χ0n) is 6.45. The van der Waals surface area contributed by atoms with Gasteiger partial charge in [0.2, 0.25) is 0 Å². The summed E-state index contributed by atoms with van der Waals surface area (Å²) in [7, 11) is -8.61. The van der Waals surface area contributed by atoms with Crippen LogP contribution < -0.4 is 0 Å². The fourth-order valence-corrected chi connectivity index (χ4v) is 1.61. The summed E-state index contributed by atoms with van der Waals surface area (Å²) in [4.78, 5) is 33.6. The van der Waals surface area contributed by atoms with E-state index in [1.165, 1.54) is 0 Å². The number of nitrogens with zero attached hydrogens (tertiary/aromatic N) is 1. The molecule has 0 heterocycles. The number of hydrogen-bond donors (Lipinski definition) is 4. The molecule has 0 radical (unpaired) electrons. The summed E-state index contributed by atoms with van der Waals surface area (Å²) < 4.78 is 20.9. The standard InChI is InChI=1S/C3H10ClNO6P2/c4-5(13(9,10)11)2-1-3-12(6,7)8/h1-3H2,(H2,6,7,8)(H2,9,10,11). The van der Waals surface area contributed by atoms with E-state index < -0.39 is 21.5 Å². The Morgan fingerprint density at radius 3 is 1.92 bits per heavy atom. The lowest BCUT2D eigenvalue weighted by Gasteiger charge is -2.14. The van der Waals surface area contributed by atoms with Crippen LogP contribution in [0.4, 0.5) is 0 Å². The van der Waals surface area contributed by atoms with Crippen LogP contribution in [-0.4, -0.2) is 36.5 Å². The molecular weight excluding hydrogens is 243 g/mol. The lowest BCUT2D eigenvalue weighted by molar-refractivity contribution is 0.320. The Morgan fingerprint density at radius 2 is 1.62 bits per heavy atom. The van der Waals surface area contributed by atoms with Gasteiger partial charge in [0.05, 0.1) is 6.16 Å². The van der Waals surface area contributed by atoms with Crippen LogP contribution in [0.1, 0.15) is 6.42 Å². The molecular formula is C3H10ClNO6P2. The maximum absolute atomic E-state index is 10.4. The summed E-state index contributed by atoms with van der Waals surface area (Å²) in [6, 6.07) is 0. The van der Waals surface area contributed by atoms with E-state index in [0.717, 1.165) is 0 Å². The molecule has 0 aromatic heterocycles. The first-order valence-corrected chi connectivity index (χ1v) is 6.87. The van der Waals surface area contributed by atoms with Crippen molar-refractivity contribution in [1.29, 1.82) is 0 Å². The van der Waals surface area contributed by atoms with Crippen molar-refractivity contribution in [3.8, 4) is 0 Å². The lowest BCUT2D eigenvalue weighted by Crippen LogP contribution is -2.11. The summed E-state index contributed by atoms with van der Waals surface area (Å²) in [6.07, 6.45) is -0.533. The summed E-state index contributed by atoms with van der Waals surface area (Å²) >= 11 is 5.10. The minimum Gasteiger partial charge on any atom is -0.324 e. The third-order valence-corrected chi connectivity index (χ3v) is 3.50. The molecule has 0 aliphatic heterocycles. The van der Waals surface area contributed by atoms with E-state index in [0.29, 0.717) is 0 Å². The van der Waals surface area contributed by atoms with Gasteiger partial charge in [-0.2, -0.15) is 0 Å². The van der Waals surface area contributed by atoms with E-state index in [1.807, 2.05) is 0 Å². The van der Waals surface area contributed by atoms with Crippen molar-refractivity contribution in [2.24, 2.45) is 0 Å². The summed E-state index contributed by atoms with van der Waals surface area (Å²) in [5, 5.41) is 0. The second-order valence-corrected chi connectivity index (χ2v) is 6.25. The smallest absolute Gasteiger partial charge is 0.324 e. The maximum atomic E-state index is 10.4. The first-order chi connectivity index (χ1) is 5.63. The molecule has 0 saturated heterocycles. The molecule has 0 amide bonds. The first-order valence-electron chi connectivity index (χ1n) is 3.17. The van der Waals surface area contributed by atoms with Crippen LogP contribution in [-0.2, 0) is 9.13 Å². The van der Waals surface area contributed by atoms with Crippen LogP contribution in [0.3, 0.4) is 0 Å². The summed E-state index contributed by atoms with van der Waals surface area (Å²) in [5.41, 5.74) is 0. The van der Waals surface area contributed by atoms with Gasteiger partial charge in [-0.25, -0.2) is 4.57 Å². The average Bonchev–Trinajstić information content (AvgIpc) is 1.82. The minimum atomic E-state index is -4.49. The molecule has 10 heteroatoms. The zero-order valence-corrected chi connectivity index (χ0v) is 8.99. The van der Waals surface area contributed by atoms with Gasteiger partial charge in [-0.15, -0.1) is 4.19 Å². The Hall–Kier alpha value is 0.550. The molecule has 0 aliphatic carbocycles. The predicted molar refractivity (Wildman–Crippen MR) is 46.1 cm³/mol. The van der Waals surface area contributed by atoms with Crippen LogP contribution in [0.15, 0.2) is 0 Å².